The molecule has 0 rings (SSSR count). The van der Waals surface area contributed by atoms with E-state index >= 15 is 0 Å². The molecule has 0 spiro atoms. The van der Waals surface area contributed by atoms with Gasteiger partial charge in [-0.2, -0.15) is 0 Å². The Kier molecular flexibility index (Phi) is 4.87. The summed E-state index contributed by atoms with van der Waals surface area (Å²) in [6, 6.07) is 0. The van der Waals surface area contributed by atoms with E-state index in [0.29, 0.717) is 5.75 Å². The molecule has 0 aromatic heterocycles. The van der Waals surface area contributed by atoms with Gasteiger partial charge >= 0.3 is 0 Å². The number of thiol groups is 1. The Morgan fingerprint density at radius 2 is 2.00 bits per heavy atom. The van der Waals surface area contributed by atoms with Crippen molar-refractivity contribution < 1.29 is 8.42 Å². The van der Waals surface area contributed by atoms with Crippen molar-refractivity contribution >= 4 is 26.6 Å². The van der Waals surface area contributed by atoms with E-state index in [4.69, 9.17) is 0 Å². The summed E-state index contributed by atoms with van der Waals surface area (Å²) in [6.07, 6.45) is 0.721. The molecular formula is C3H7BrO2S. The fraction of sp³-hybridized carbons (Fsp3) is 1.00. The molecule has 0 N–H and O–H groups in total. The van der Waals surface area contributed by atoms with E-state index in [0.717, 1.165) is 11.8 Å². The van der Waals surface area contributed by atoms with Crippen LogP contribution in [0.5, 0.6) is 0 Å². The molecule has 0 unspecified atom stereocenters. The van der Waals surface area contributed by atoms with Gasteiger partial charge in [0.25, 0.3) is 0 Å². The van der Waals surface area contributed by atoms with E-state index in [1.54, 1.807) is 0 Å². The zero-order chi connectivity index (χ0) is 5.70. The van der Waals surface area contributed by atoms with Crippen LogP contribution in [0.25, 0.3) is 0 Å². The summed E-state index contributed by atoms with van der Waals surface area (Å²) in [4.78, 5) is 0. The Labute approximate surface area is 53.0 Å². The normalized spacial score (nSPS) is 10.0. The van der Waals surface area contributed by atoms with Crippen molar-refractivity contribution in [2.24, 2.45) is 0 Å². The molecule has 0 atom stereocenters. The van der Waals surface area contributed by atoms with Crippen LogP contribution < -0.4 is 0 Å². The van der Waals surface area contributed by atoms with Crippen LogP contribution in [-0.2, 0) is 10.7 Å². The molecule has 0 aromatic carbocycles. The Bertz CT molecular complexity index is 91.1. The fourth-order valence-corrected chi connectivity index (χ4v) is 1.32. The summed E-state index contributed by atoms with van der Waals surface area (Å²) in [5.74, 6) is 0.306. The average Bonchev–Trinajstić information content (AvgIpc) is 1.61. The molecular weight excluding hydrogens is 180 g/mol. The van der Waals surface area contributed by atoms with Crippen molar-refractivity contribution in [3.05, 3.63) is 0 Å². The highest BCUT2D eigenvalue weighted by atomic mass is 79.9. The minimum absolute atomic E-state index is 0.306. The molecule has 2 nitrogen and oxygen atoms in total. The van der Waals surface area contributed by atoms with Crippen LogP contribution in [0.1, 0.15) is 6.42 Å². The van der Waals surface area contributed by atoms with Gasteiger partial charge in [0.05, 0.1) is 0 Å². The molecule has 0 amide bonds. The maximum Gasteiger partial charge on any atom is 0.140 e. The topological polar surface area (TPSA) is 34.1 Å². The van der Waals surface area contributed by atoms with Crippen LogP contribution in [0.15, 0.2) is 0 Å². The average molecular weight is 187 g/mol. The molecule has 0 saturated heterocycles. The second kappa shape index (κ2) is 4.59. The maximum atomic E-state index is 9.77. The largest absolute Gasteiger partial charge is 0.232 e. The zero-order valence-electron chi connectivity index (χ0n) is 3.76. The van der Waals surface area contributed by atoms with Gasteiger partial charge in [-0.25, -0.2) is 8.42 Å². The van der Waals surface area contributed by atoms with E-state index < -0.39 is 10.7 Å². The number of hydrogen-bond acceptors (Lipinski definition) is 2. The second-order valence-corrected chi connectivity index (χ2v) is 3.00. The second-order valence-electron chi connectivity index (χ2n) is 1.10. The minimum atomic E-state index is -2.14. The van der Waals surface area contributed by atoms with Crippen LogP contribution in [0.2, 0.25) is 0 Å². The number of hydrogen-bond donors (Lipinski definition) is 1. The minimum Gasteiger partial charge on any atom is -0.232 e. The molecule has 7 heavy (non-hydrogen) atoms. The van der Waals surface area contributed by atoms with E-state index in [1.165, 1.54) is 0 Å². The van der Waals surface area contributed by atoms with Crippen molar-refractivity contribution in [3.63, 3.8) is 0 Å². The number of rotatable bonds is 3. The van der Waals surface area contributed by atoms with Crippen molar-refractivity contribution in [3.8, 4) is 0 Å². The van der Waals surface area contributed by atoms with Gasteiger partial charge in [-0.05, 0) is 6.42 Å². The summed E-state index contributed by atoms with van der Waals surface area (Å²) in [7, 11) is -2.14. The molecule has 4 heteroatoms. The fourth-order valence-electron chi connectivity index (χ4n) is 0.189. The monoisotopic (exact) mass is 186 g/mol. The Morgan fingerprint density at radius 3 is 2.14 bits per heavy atom. The lowest BCUT2D eigenvalue weighted by molar-refractivity contribution is 0.613. The molecule has 0 bridgehead atoms. The highest BCUT2D eigenvalue weighted by Gasteiger charge is 1.82. The summed E-state index contributed by atoms with van der Waals surface area (Å²) >= 11 is 3.11. The van der Waals surface area contributed by atoms with Gasteiger partial charge in [0.2, 0.25) is 0 Å². The Hall–Kier alpha value is 0.430. The van der Waals surface area contributed by atoms with Crippen LogP contribution in [-0.4, -0.2) is 19.5 Å². The van der Waals surface area contributed by atoms with Crippen molar-refractivity contribution in [1.29, 1.82) is 0 Å². The van der Waals surface area contributed by atoms with Gasteiger partial charge in [0.15, 0.2) is 0 Å². The summed E-state index contributed by atoms with van der Waals surface area (Å²) in [6.45, 7) is 0. The Morgan fingerprint density at radius 1 is 1.43 bits per heavy atom. The van der Waals surface area contributed by atoms with Gasteiger partial charge < -0.3 is 0 Å². The first-order valence-electron chi connectivity index (χ1n) is 1.95. The van der Waals surface area contributed by atoms with Gasteiger partial charge in [-0.3, -0.25) is 0 Å². The first kappa shape index (κ1) is 7.43. The molecule has 0 radical (unpaired) electrons. The maximum absolute atomic E-state index is 9.77. The summed E-state index contributed by atoms with van der Waals surface area (Å²) in [5, 5.41) is 0.774. The lowest BCUT2D eigenvalue weighted by Crippen LogP contribution is -1.86. The molecule has 44 valence electrons. The molecule has 0 saturated carbocycles. The van der Waals surface area contributed by atoms with Crippen LogP contribution >= 0.6 is 15.9 Å². The van der Waals surface area contributed by atoms with Crippen LogP contribution in [0.3, 0.4) is 0 Å². The molecule has 0 aliphatic heterocycles. The lowest BCUT2D eigenvalue weighted by Gasteiger charge is -1.79. The molecule has 0 aromatic rings. The smallest absolute Gasteiger partial charge is 0.140 e. The van der Waals surface area contributed by atoms with E-state index in [1.807, 2.05) is 0 Å². The summed E-state index contributed by atoms with van der Waals surface area (Å²) in [5.41, 5.74) is 0. The highest BCUT2D eigenvalue weighted by Crippen LogP contribution is 1.85. The van der Waals surface area contributed by atoms with Gasteiger partial charge in [0.1, 0.15) is 10.7 Å². The third kappa shape index (κ3) is 6.43. The van der Waals surface area contributed by atoms with Gasteiger partial charge in [0, 0.05) is 11.1 Å². The van der Waals surface area contributed by atoms with Crippen molar-refractivity contribution in [2.75, 3.05) is 11.1 Å². The van der Waals surface area contributed by atoms with E-state index in [9.17, 15) is 8.42 Å². The highest BCUT2D eigenvalue weighted by molar-refractivity contribution is 9.09. The van der Waals surface area contributed by atoms with Crippen molar-refractivity contribution in [2.45, 2.75) is 6.42 Å². The van der Waals surface area contributed by atoms with Crippen LogP contribution in [0.4, 0.5) is 0 Å². The molecule has 0 aliphatic carbocycles. The molecule has 0 fully saturated rings. The predicted molar refractivity (Wildman–Crippen MR) is 33.6 cm³/mol. The van der Waals surface area contributed by atoms with E-state index in [2.05, 4.69) is 15.9 Å². The zero-order valence-corrected chi connectivity index (χ0v) is 6.24. The predicted octanol–water partition coefficient (Wildman–Crippen LogP) is 0.383. The molecule has 0 aliphatic rings. The first-order chi connectivity index (χ1) is 3.27. The standard InChI is InChI=1S/C3H7BrO2S/c4-2-1-3-7(5)6/h7H,1-3H2. The van der Waals surface area contributed by atoms with Gasteiger partial charge in [-0.1, -0.05) is 15.9 Å². The van der Waals surface area contributed by atoms with Gasteiger partial charge in [-0.15, -0.1) is 0 Å². The third-order valence-corrected chi connectivity index (χ3v) is 1.72. The molecule has 0 heterocycles. The third-order valence-electron chi connectivity index (χ3n) is 0.474. The first-order valence-corrected chi connectivity index (χ1v) is 4.43. The number of halogens is 1. The lowest BCUT2D eigenvalue weighted by atomic mass is 10.6. The Balaban J connectivity index is 2.98. The quantitative estimate of drug-likeness (QED) is 0.512. The van der Waals surface area contributed by atoms with E-state index in [-0.39, 0.29) is 0 Å². The SMILES string of the molecule is O=[SH](=O)CCCBr. The van der Waals surface area contributed by atoms with Crippen molar-refractivity contribution in [1.82, 2.24) is 0 Å². The summed E-state index contributed by atoms with van der Waals surface area (Å²) < 4.78 is 19.5. The number of alkyl halides is 1. The van der Waals surface area contributed by atoms with Crippen LogP contribution in [0, 0.1) is 0 Å².